The van der Waals surface area contributed by atoms with Crippen molar-refractivity contribution < 1.29 is 14.6 Å². The van der Waals surface area contributed by atoms with Gasteiger partial charge in [0.2, 0.25) is 0 Å². The largest absolute Gasteiger partial charge is 0.446 e. The number of carbonyl (C=O) groups is 1. The maximum atomic E-state index is 12.5. The molecule has 0 bridgehead atoms. The van der Waals surface area contributed by atoms with Crippen molar-refractivity contribution in [1.82, 2.24) is 5.32 Å². The lowest BCUT2D eigenvalue weighted by atomic mass is 9.95. The highest BCUT2D eigenvalue weighted by Gasteiger charge is 2.28. The van der Waals surface area contributed by atoms with Crippen molar-refractivity contribution in [3.63, 3.8) is 0 Å². The first kappa shape index (κ1) is 20.2. The normalized spacial score (nSPS) is 23.2. The third kappa shape index (κ3) is 4.92. The Labute approximate surface area is 177 Å². The second-order valence-corrected chi connectivity index (χ2v) is 8.20. The van der Waals surface area contributed by atoms with Crippen LogP contribution in [0.25, 0.3) is 0 Å². The summed E-state index contributed by atoms with van der Waals surface area (Å²) >= 11 is 0. The fourth-order valence-electron chi connectivity index (χ4n) is 4.39. The summed E-state index contributed by atoms with van der Waals surface area (Å²) in [7, 11) is 0. The average molecular weight is 405 g/mol. The third-order valence-corrected chi connectivity index (χ3v) is 5.91. The molecule has 1 heterocycles. The molecule has 0 spiro atoms. The van der Waals surface area contributed by atoms with E-state index in [4.69, 9.17) is 4.74 Å². The summed E-state index contributed by atoms with van der Waals surface area (Å²) in [6.45, 7) is 1.40. The molecule has 156 valence electrons. The van der Waals surface area contributed by atoms with Crippen molar-refractivity contribution in [2.45, 2.75) is 56.9 Å². The Morgan fingerprint density at radius 3 is 2.67 bits per heavy atom. The minimum absolute atomic E-state index is 0.100. The minimum atomic E-state index is -0.402. The Bertz CT molecular complexity index is 917. The van der Waals surface area contributed by atoms with Gasteiger partial charge < -0.3 is 20.1 Å². The molecule has 6 heteroatoms. The Morgan fingerprint density at radius 2 is 1.93 bits per heavy atom. The molecule has 0 aromatic heterocycles. The van der Waals surface area contributed by atoms with Gasteiger partial charge in [-0.2, -0.15) is 5.26 Å². The Morgan fingerprint density at radius 1 is 1.17 bits per heavy atom. The van der Waals surface area contributed by atoms with Crippen LogP contribution in [-0.4, -0.2) is 36.0 Å². The first-order valence-corrected chi connectivity index (χ1v) is 10.6. The number of aliphatic hydroxyl groups is 1. The van der Waals surface area contributed by atoms with E-state index in [1.807, 2.05) is 36.4 Å². The van der Waals surface area contributed by atoms with E-state index in [0.717, 1.165) is 17.8 Å². The van der Waals surface area contributed by atoms with E-state index in [2.05, 4.69) is 28.4 Å². The van der Waals surface area contributed by atoms with Crippen LogP contribution in [0.15, 0.2) is 48.5 Å². The van der Waals surface area contributed by atoms with Gasteiger partial charge in [-0.05, 0) is 61.4 Å². The van der Waals surface area contributed by atoms with E-state index >= 15 is 0 Å². The van der Waals surface area contributed by atoms with Crippen LogP contribution >= 0.6 is 0 Å². The quantitative estimate of drug-likeness (QED) is 0.813. The second-order valence-electron chi connectivity index (χ2n) is 8.20. The van der Waals surface area contributed by atoms with Crippen LogP contribution < -0.4 is 10.2 Å². The van der Waals surface area contributed by atoms with Gasteiger partial charge in [-0.3, -0.25) is 0 Å². The van der Waals surface area contributed by atoms with E-state index < -0.39 is 6.09 Å². The van der Waals surface area contributed by atoms with E-state index in [1.165, 1.54) is 5.56 Å². The fraction of sp³-hybridized carbons (Fsp3) is 0.417. The lowest BCUT2D eigenvalue weighted by molar-refractivity contribution is 0.0330. The molecule has 30 heavy (non-hydrogen) atoms. The summed E-state index contributed by atoms with van der Waals surface area (Å²) in [6.07, 6.45) is 2.61. The first-order valence-electron chi connectivity index (χ1n) is 10.6. The molecule has 2 N–H and O–H groups in total. The number of anilines is 1. The van der Waals surface area contributed by atoms with Crippen LogP contribution in [0.4, 0.5) is 10.5 Å². The second kappa shape index (κ2) is 9.19. The molecule has 2 aromatic carbocycles. The molecule has 4 rings (SSSR count). The van der Waals surface area contributed by atoms with Gasteiger partial charge in [0.15, 0.2) is 0 Å². The van der Waals surface area contributed by atoms with E-state index in [0.29, 0.717) is 44.2 Å². The molecule has 1 aliphatic heterocycles. The number of hydrogen-bond donors (Lipinski definition) is 2. The van der Waals surface area contributed by atoms with Gasteiger partial charge >= 0.3 is 6.09 Å². The highest BCUT2D eigenvalue weighted by atomic mass is 16.6. The van der Waals surface area contributed by atoms with Crippen molar-refractivity contribution in [2.24, 2.45) is 0 Å². The standard InChI is InChI=1S/C24H27N3O3/c25-14-18-6-11-23-19(12-18)13-20(16-27(23)15-17-4-2-1-3-5-17)26-24(29)30-22-9-7-21(28)8-10-22/h1-6,11-12,20-22,28H,7-10,13,15-16H2,(H,26,29). The van der Waals surface area contributed by atoms with E-state index in [-0.39, 0.29) is 18.2 Å². The molecular formula is C24H27N3O3. The minimum Gasteiger partial charge on any atom is -0.446 e. The number of aliphatic hydroxyl groups excluding tert-OH is 1. The molecule has 6 nitrogen and oxygen atoms in total. The maximum absolute atomic E-state index is 12.5. The first-order chi connectivity index (χ1) is 14.6. The number of nitrogens with zero attached hydrogens (tertiary/aromatic N) is 2. The summed E-state index contributed by atoms with van der Waals surface area (Å²) in [5, 5.41) is 21.9. The number of alkyl carbamates (subject to hydrolysis) is 1. The summed E-state index contributed by atoms with van der Waals surface area (Å²) in [4.78, 5) is 14.7. The highest BCUT2D eigenvalue weighted by molar-refractivity contribution is 5.69. The number of hydrogen-bond acceptors (Lipinski definition) is 5. The molecular weight excluding hydrogens is 378 g/mol. The average Bonchev–Trinajstić information content (AvgIpc) is 2.75. The summed E-state index contributed by atoms with van der Waals surface area (Å²) < 4.78 is 5.60. The predicted molar refractivity (Wildman–Crippen MR) is 114 cm³/mol. The molecule has 1 saturated carbocycles. The lowest BCUT2D eigenvalue weighted by Crippen LogP contribution is -2.49. The lowest BCUT2D eigenvalue weighted by Gasteiger charge is -2.37. The molecule has 1 fully saturated rings. The van der Waals surface area contributed by atoms with Crippen LogP contribution in [0.3, 0.4) is 0 Å². The van der Waals surface area contributed by atoms with Gasteiger partial charge in [0, 0.05) is 18.8 Å². The Kier molecular flexibility index (Phi) is 6.20. The van der Waals surface area contributed by atoms with E-state index in [9.17, 15) is 15.2 Å². The zero-order valence-corrected chi connectivity index (χ0v) is 17.0. The van der Waals surface area contributed by atoms with Gasteiger partial charge in [0.25, 0.3) is 0 Å². The zero-order chi connectivity index (χ0) is 20.9. The van der Waals surface area contributed by atoms with Crippen molar-refractivity contribution >= 4 is 11.8 Å². The van der Waals surface area contributed by atoms with Crippen LogP contribution in [0.5, 0.6) is 0 Å². The third-order valence-electron chi connectivity index (χ3n) is 5.91. The Hall–Kier alpha value is -3.04. The van der Waals surface area contributed by atoms with Crippen LogP contribution in [0, 0.1) is 11.3 Å². The highest BCUT2D eigenvalue weighted by Crippen LogP contribution is 2.30. The van der Waals surface area contributed by atoms with Gasteiger partial charge in [0.05, 0.1) is 23.8 Å². The maximum Gasteiger partial charge on any atom is 0.407 e. The molecule has 1 aliphatic carbocycles. The number of rotatable bonds is 4. The summed E-state index contributed by atoms with van der Waals surface area (Å²) in [5.41, 5.74) is 3.97. The Balaban J connectivity index is 1.46. The van der Waals surface area contributed by atoms with Crippen LogP contribution in [0.1, 0.15) is 42.4 Å². The topological polar surface area (TPSA) is 85.6 Å². The predicted octanol–water partition coefficient (Wildman–Crippen LogP) is 3.52. The number of benzene rings is 2. The van der Waals surface area contributed by atoms with Crippen molar-refractivity contribution in [3.05, 3.63) is 65.2 Å². The number of nitriles is 1. The number of fused-ring (bicyclic) bond motifs is 1. The SMILES string of the molecule is N#Cc1ccc2c(c1)CC(NC(=O)OC1CCC(O)CC1)CN2Cc1ccccc1. The molecule has 2 aliphatic rings. The van der Waals surface area contributed by atoms with Gasteiger partial charge in [0.1, 0.15) is 6.10 Å². The number of ether oxygens (including phenoxy) is 1. The van der Waals surface area contributed by atoms with E-state index in [1.54, 1.807) is 0 Å². The molecule has 0 saturated heterocycles. The molecule has 1 atom stereocenters. The molecule has 1 amide bonds. The van der Waals surface area contributed by atoms with Crippen LogP contribution in [0.2, 0.25) is 0 Å². The van der Waals surface area contributed by atoms with Gasteiger partial charge in [-0.25, -0.2) is 4.79 Å². The summed E-state index contributed by atoms with van der Waals surface area (Å²) in [5.74, 6) is 0. The number of nitrogens with one attached hydrogen (secondary N) is 1. The monoisotopic (exact) mass is 405 g/mol. The molecule has 1 unspecified atom stereocenters. The number of amides is 1. The fourth-order valence-corrected chi connectivity index (χ4v) is 4.39. The van der Waals surface area contributed by atoms with Crippen LogP contribution in [-0.2, 0) is 17.7 Å². The molecule has 0 radical (unpaired) electrons. The van der Waals surface area contributed by atoms with Gasteiger partial charge in [-0.15, -0.1) is 0 Å². The smallest absolute Gasteiger partial charge is 0.407 e. The van der Waals surface area contributed by atoms with Crippen molar-refractivity contribution in [3.8, 4) is 6.07 Å². The number of carbonyl (C=O) groups excluding carboxylic acids is 1. The molecule has 2 aromatic rings. The van der Waals surface area contributed by atoms with Crippen molar-refractivity contribution in [2.75, 3.05) is 11.4 Å². The van der Waals surface area contributed by atoms with Crippen molar-refractivity contribution in [1.29, 1.82) is 5.26 Å². The van der Waals surface area contributed by atoms with Gasteiger partial charge in [-0.1, -0.05) is 30.3 Å². The zero-order valence-electron chi connectivity index (χ0n) is 17.0. The summed E-state index contributed by atoms with van der Waals surface area (Å²) in [6, 6.07) is 18.1.